The third-order valence-electron chi connectivity index (χ3n) is 2.77. The van der Waals surface area contributed by atoms with Crippen LogP contribution in [0.15, 0.2) is 30.3 Å². The van der Waals surface area contributed by atoms with Gasteiger partial charge in [0.15, 0.2) is 5.41 Å². The van der Waals surface area contributed by atoms with Crippen LogP contribution in [0.3, 0.4) is 0 Å². The minimum Gasteiger partial charge on any atom is -0.457 e. The van der Waals surface area contributed by atoms with Crippen LogP contribution in [-0.4, -0.2) is 18.9 Å². The lowest BCUT2D eigenvalue weighted by Gasteiger charge is -2.23. The van der Waals surface area contributed by atoms with Crippen molar-refractivity contribution in [3.63, 3.8) is 0 Å². The highest BCUT2D eigenvalue weighted by atomic mass is 19.4. The van der Waals surface area contributed by atoms with E-state index in [-0.39, 0.29) is 0 Å². The Morgan fingerprint density at radius 1 is 1.33 bits per heavy atom. The molecule has 1 rings (SSSR count). The van der Waals surface area contributed by atoms with Gasteiger partial charge in [-0.3, -0.25) is 9.53 Å². The minimum absolute atomic E-state index is 0.669. The Morgan fingerprint density at radius 2 is 1.90 bits per heavy atom. The summed E-state index contributed by atoms with van der Waals surface area (Å²) >= 11 is 0. The molecule has 0 saturated carbocycles. The molecule has 0 aliphatic rings. The van der Waals surface area contributed by atoms with Gasteiger partial charge in [0.1, 0.15) is 6.10 Å². The van der Waals surface area contributed by atoms with E-state index in [4.69, 9.17) is 10.00 Å². The molecule has 1 unspecified atom stereocenters. The van der Waals surface area contributed by atoms with Gasteiger partial charge in [0.2, 0.25) is 0 Å². The summed E-state index contributed by atoms with van der Waals surface area (Å²) < 4.78 is 44.7. The summed E-state index contributed by atoms with van der Waals surface area (Å²) in [6.45, 7) is 1.49. The fraction of sp³-hybridized carbons (Fsp3) is 0.429. The number of carbonyl (C=O) groups excluding carboxylic acids is 1. The molecule has 2 atom stereocenters. The summed E-state index contributed by atoms with van der Waals surface area (Å²) in [6, 6.07) is 10.1. The Kier molecular flexibility index (Phi) is 5.33. The van der Waals surface area contributed by atoms with Gasteiger partial charge in [0.05, 0.1) is 12.7 Å². The molecule has 114 valence electrons. The first kappa shape index (κ1) is 17.0. The van der Waals surface area contributed by atoms with Crippen LogP contribution in [0, 0.1) is 16.7 Å². The van der Waals surface area contributed by atoms with Crippen LogP contribution in [0.5, 0.6) is 0 Å². The van der Waals surface area contributed by atoms with Gasteiger partial charge in [-0.25, -0.2) is 0 Å². The van der Waals surface area contributed by atoms with Crippen LogP contribution < -0.4 is 0 Å². The summed E-state index contributed by atoms with van der Waals surface area (Å²) in [4.78, 5) is 11.9. The van der Waals surface area contributed by atoms with Crippen LogP contribution in [0.25, 0.3) is 0 Å². The maximum atomic E-state index is 12.0. The van der Waals surface area contributed by atoms with Crippen molar-refractivity contribution in [3.05, 3.63) is 35.9 Å². The van der Waals surface area contributed by atoms with E-state index in [1.165, 1.54) is 6.07 Å². The Balaban J connectivity index is 2.73. The predicted octanol–water partition coefficient (Wildman–Crippen LogP) is 3.36. The van der Waals surface area contributed by atoms with Gasteiger partial charge in [0.25, 0.3) is 0 Å². The zero-order valence-electron chi connectivity index (χ0n) is 11.5. The first-order valence-electron chi connectivity index (χ1n) is 6.06. The van der Waals surface area contributed by atoms with Crippen LogP contribution in [0.2, 0.25) is 0 Å². The maximum absolute atomic E-state index is 12.0. The molecule has 1 aromatic carbocycles. The molecular weight excluding hydrogens is 287 g/mol. The fourth-order valence-electron chi connectivity index (χ4n) is 1.45. The number of halogens is 3. The zero-order valence-corrected chi connectivity index (χ0v) is 11.5. The molecule has 0 radical (unpaired) electrons. The molecular formula is C14H14F3NO3. The van der Waals surface area contributed by atoms with Gasteiger partial charge in [-0.2, -0.15) is 5.26 Å². The Labute approximate surface area is 120 Å². The van der Waals surface area contributed by atoms with Crippen molar-refractivity contribution in [2.75, 3.05) is 6.61 Å². The van der Waals surface area contributed by atoms with Crippen LogP contribution in [-0.2, 0) is 14.3 Å². The second-order valence-corrected chi connectivity index (χ2v) is 4.64. The summed E-state index contributed by atoms with van der Waals surface area (Å²) in [5, 5.41) is 8.94. The number of esters is 1. The molecule has 0 bridgehead atoms. The molecule has 0 saturated heterocycles. The van der Waals surface area contributed by atoms with Crippen LogP contribution in [0.1, 0.15) is 25.5 Å². The number of nitrogens with zero attached hydrogens (tertiary/aromatic N) is 1. The molecule has 0 aromatic heterocycles. The smallest absolute Gasteiger partial charge is 0.457 e. The molecule has 7 heteroatoms. The average molecular weight is 301 g/mol. The van der Waals surface area contributed by atoms with E-state index in [0.717, 1.165) is 6.92 Å². The van der Waals surface area contributed by atoms with E-state index >= 15 is 0 Å². The lowest BCUT2D eigenvalue weighted by Crippen LogP contribution is -2.36. The number of rotatable bonds is 5. The van der Waals surface area contributed by atoms with Crippen LogP contribution in [0.4, 0.5) is 13.2 Å². The normalized spacial score (nSPS) is 15.6. The van der Waals surface area contributed by atoms with E-state index < -0.39 is 30.5 Å². The van der Waals surface area contributed by atoms with Gasteiger partial charge >= 0.3 is 12.3 Å². The largest absolute Gasteiger partial charge is 0.522 e. The molecule has 0 aliphatic carbocycles. The quantitative estimate of drug-likeness (QED) is 0.782. The molecule has 0 amide bonds. The van der Waals surface area contributed by atoms with Crippen molar-refractivity contribution in [1.82, 2.24) is 0 Å². The van der Waals surface area contributed by atoms with Crippen molar-refractivity contribution in [2.24, 2.45) is 5.41 Å². The summed E-state index contributed by atoms with van der Waals surface area (Å²) in [6.07, 6.45) is -5.60. The van der Waals surface area contributed by atoms with Gasteiger partial charge < -0.3 is 4.74 Å². The standard InChI is InChI=1S/C14H14F3NO3/c1-10(11-6-4-3-5-7-11)21-12(19)13(2,8-18)9-20-14(15,16)17/h3-7,10H,9H2,1-2H3/t10-,13?/m1/s1. The highest BCUT2D eigenvalue weighted by molar-refractivity contribution is 5.80. The number of benzene rings is 1. The number of carbonyl (C=O) groups is 1. The van der Waals surface area contributed by atoms with Gasteiger partial charge in [-0.05, 0) is 19.4 Å². The summed E-state index contributed by atoms with van der Waals surface area (Å²) in [7, 11) is 0. The SMILES string of the molecule is C[C@@H](OC(=O)C(C)(C#N)COC(F)(F)F)c1ccccc1. The predicted molar refractivity (Wildman–Crippen MR) is 66.7 cm³/mol. The molecule has 0 spiro atoms. The van der Waals surface area contributed by atoms with Crippen molar-refractivity contribution in [2.45, 2.75) is 26.3 Å². The molecule has 0 N–H and O–H groups in total. The van der Waals surface area contributed by atoms with E-state index in [2.05, 4.69) is 4.74 Å². The summed E-state index contributed by atoms with van der Waals surface area (Å²) in [5.74, 6) is -1.06. The lowest BCUT2D eigenvalue weighted by molar-refractivity contribution is -0.330. The van der Waals surface area contributed by atoms with E-state index in [9.17, 15) is 18.0 Å². The zero-order chi connectivity index (χ0) is 16.1. The number of nitriles is 1. The molecule has 0 heterocycles. The highest BCUT2D eigenvalue weighted by Gasteiger charge is 2.41. The van der Waals surface area contributed by atoms with Crippen LogP contribution >= 0.6 is 0 Å². The number of hydrogen-bond acceptors (Lipinski definition) is 4. The van der Waals surface area contributed by atoms with E-state index in [1.807, 2.05) is 0 Å². The van der Waals surface area contributed by atoms with Crippen molar-refractivity contribution in [3.8, 4) is 6.07 Å². The second kappa shape index (κ2) is 6.59. The summed E-state index contributed by atoms with van der Waals surface area (Å²) in [5.41, 5.74) is -1.36. The third kappa shape index (κ3) is 5.08. The van der Waals surface area contributed by atoms with E-state index in [0.29, 0.717) is 5.56 Å². The van der Waals surface area contributed by atoms with Gasteiger partial charge in [0, 0.05) is 0 Å². The molecule has 0 fully saturated rings. The monoisotopic (exact) mass is 301 g/mol. The Bertz CT molecular complexity index is 525. The number of alkyl halides is 3. The maximum Gasteiger partial charge on any atom is 0.522 e. The first-order chi connectivity index (χ1) is 9.68. The molecule has 21 heavy (non-hydrogen) atoms. The topological polar surface area (TPSA) is 59.3 Å². The van der Waals surface area contributed by atoms with Crippen molar-refractivity contribution in [1.29, 1.82) is 5.26 Å². The van der Waals surface area contributed by atoms with E-state index in [1.54, 1.807) is 37.3 Å². The second-order valence-electron chi connectivity index (χ2n) is 4.64. The van der Waals surface area contributed by atoms with Gasteiger partial charge in [-0.1, -0.05) is 30.3 Å². The lowest BCUT2D eigenvalue weighted by atomic mass is 9.94. The number of hydrogen-bond donors (Lipinski definition) is 0. The average Bonchev–Trinajstić information content (AvgIpc) is 2.44. The number of ether oxygens (including phenoxy) is 2. The van der Waals surface area contributed by atoms with Crippen molar-refractivity contribution >= 4 is 5.97 Å². The van der Waals surface area contributed by atoms with Crippen molar-refractivity contribution < 1.29 is 27.4 Å². The Hall–Kier alpha value is -2.07. The molecule has 4 nitrogen and oxygen atoms in total. The third-order valence-corrected chi connectivity index (χ3v) is 2.77. The first-order valence-corrected chi connectivity index (χ1v) is 6.06. The van der Waals surface area contributed by atoms with Gasteiger partial charge in [-0.15, -0.1) is 13.2 Å². The fourth-order valence-corrected chi connectivity index (χ4v) is 1.45. The molecule has 0 aliphatic heterocycles. The Morgan fingerprint density at radius 3 is 2.38 bits per heavy atom. The minimum atomic E-state index is -4.91. The molecule has 1 aromatic rings. The highest BCUT2D eigenvalue weighted by Crippen LogP contribution is 2.27.